The first-order valence-electron chi connectivity index (χ1n) is 6.20. The fourth-order valence-electron chi connectivity index (χ4n) is 1.81. The molecule has 0 radical (unpaired) electrons. The Hall–Kier alpha value is -1.07. The van der Waals surface area contributed by atoms with Crippen LogP contribution in [0.25, 0.3) is 0 Å². The number of halogens is 1. The molecule has 1 aromatic carbocycles. The summed E-state index contributed by atoms with van der Waals surface area (Å²) in [5, 5.41) is 4.17. The summed E-state index contributed by atoms with van der Waals surface area (Å²) in [7, 11) is 1.90. The minimum Gasteiger partial charge on any atom is -0.373 e. The molecule has 3 nitrogen and oxygen atoms in total. The van der Waals surface area contributed by atoms with Gasteiger partial charge in [0.15, 0.2) is 0 Å². The van der Waals surface area contributed by atoms with Crippen LogP contribution in [0.5, 0.6) is 0 Å². The van der Waals surface area contributed by atoms with Crippen LogP contribution < -0.4 is 5.32 Å². The van der Waals surface area contributed by atoms with E-state index in [1.807, 2.05) is 25.2 Å². The van der Waals surface area contributed by atoms with E-state index in [-0.39, 0.29) is 0 Å². The molecule has 0 saturated carbocycles. The molecule has 1 heterocycles. The van der Waals surface area contributed by atoms with Gasteiger partial charge in [-0.25, -0.2) is 9.97 Å². The van der Waals surface area contributed by atoms with Crippen molar-refractivity contribution in [3.8, 4) is 0 Å². The molecular weight excluding hydrogens is 322 g/mol. The summed E-state index contributed by atoms with van der Waals surface area (Å²) in [6.07, 6.45) is 3.67. The standard InChI is InChI=1S/C14H16BrN3S/c1-3-6-10-13(16-2)17-9-18-14(10)19-12-8-5-4-7-11(12)15/h4-5,7-9H,3,6H2,1-2H3,(H,16,17,18). The predicted octanol–water partition coefficient (Wildman–Crippen LogP) is 4.38. The maximum absolute atomic E-state index is 4.43. The van der Waals surface area contributed by atoms with Crippen molar-refractivity contribution < 1.29 is 0 Å². The zero-order valence-electron chi connectivity index (χ0n) is 11.0. The smallest absolute Gasteiger partial charge is 0.133 e. The lowest BCUT2D eigenvalue weighted by atomic mass is 10.2. The number of nitrogens with one attached hydrogen (secondary N) is 1. The Labute approximate surface area is 126 Å². The Balaban J connectivity index is 2.37. The fraction of sp³-hybridized carbons (Fsp3) is 0.286. The monoisotopic (exact) mass is 337 g/mol. The van der Waals surface area contributed by atoms with E-state index in [1.165, 1.54) is 10.5 Å². The molecule has 1 aromatic heterocycles. The molecule has 0 fully saturated rings. The van der Waals surface area contributed by atoms with Gasteiger partial charge in [0.2, 0.25) is 0 Å². The zero-order valence-corrected chi connectivity index (χ0v) is 13.4. The summed E-state index contributed by atoms with van der Waals surface area (Å²) in [5.41, 5.74) is 1.19. The van der Waals surface area contributed by atoms with Crippen molar-refractivity contribution in [3.63, 3.8) is 0 Å². The quantitative estimate of drug-likeness (QED) is 0.821. The van der Waals surface area contributed by atoms with Gasteiger partial charge in [0.1, 0.15) is 17.2 Å². The second kappa shape index (κ2) is 6.91. The fourth-order valence-corrected chi connectivity index (χ4v) is 3.28. The second-order valence-electron chi connectivity index (χ2n) is 4.04. The molecule has 0 saturated heterocycles. The lowest BCUT2D eigenvalue weighted by Gasteiger charge is -2.12. The molecule has 1 N–H and O–H groups in total. The minimum atomic E-state index is 0.923. The van der Waals surface area contributed by atoms with Gasteiger partial charge in [0, 0.05) is 22.0 Å². The van der Waals surface area contributed by atoms with Crippen molar-refractivity contribution in [1.82, 2.24) is 9.97 Å². The Morgan fingerprint density at radius 1 is 1.26 bits per heavy atom. The maximum Gasteiger partial charge on any atom is 0.133 e. The molecule has 0 aliphatic rings. The van der Waals surface area contributed by atoms with Gasteiger partial charge in [-0.05, 0) is 34.5 Å². The number of rotatable bonds is 5. The molecule has 5 heteroatoms. The zero-order chi connectivity index (χ0) is 13.7. The van der Waals surface area contributed by atoms with Crippen molar-refractivity contribution in [3.05, 3.63) is 40.6 Å². The van der Waals surface area contributed by atoms with Crippen LogP contribution >= 0.6 is 27.7 Å². The minimum absolute atomic E-state index is 0.923. The van der Waals surface area contributed by atoms with Gasteiger partial charge in [-0.1, -0.05) is 37.2 Å². The van der Waals surface area contributed by atoms with Crippen LogP contribution in [0.2, 0.25) is 0 Å². The average molecular weight is 338 g/mol. The molecule has 0 amide bonds. The number of hydrogen-bond acceptors (Lipinski definition) is 4. The third-order valence-electron chi connectivity index (χ3n) is 2.69. The van der Waals surface area contributed by atoms with E-state index < -0.39 is 0 Å². The summed E-state index contributed by atoms with van der Waals surface area (Å²) in [6, 6.07) is 8.18. The third kappa shape index (κ3) is 3.48. The second-order valence-corrected chi connectivity index (χ2v) is 5.92. The summed E-state index contributed by atoms with van der Waals surface area (Å²) < 4.78 is 1.09. The molecule has 0 aliphatic carbocycles. The predicted molar refractivity (Wildman–Crippen MR) is 83.8 cm³/mol. The van der Waals surface area contributed by atoms with Crippen LogP contribution in [-0.4, -0.2) is 17.0 Å². The molecule has 100 valence electrons. The number of anilines is 1. The van der Waals surface area contributed by atoms with Crippen LogP contribution in [0.4, 0.5) is 5.82 Å². The number of nitrogens with zero attached hydrogens (tertiary/aromatic N) is 2. The van der Waals surface area contributed by atoms with E-state index in [4.69, 9.17) is 0 Å². The third-order valence-corrected chi connectivity index (χ3v) is 4.76. The molecular formula is C14H16BrN3S. The van der Waals surface area contributed by atoms with Crippen LogP contribution in [-0.2, 0) is 6.42 Å². The summed E-state index contributed by atoms with van der Waals surface area (Å²) >= 11 is 5.25. The van der Waals surface area contributed by atoms with Crippen LogP contribution in [0.15, 0.2) is 45.0 Å². The highest BCUT2D eigenvalue weighted by Crippen LogP contribution is 2.35. The lowest BCUT2D eigenvalue weighted by Crippen LogP contribution is -2.02. The highest BCUT2D eigenvalue weighted by molar-refractivity contribution is 9.10. The van der Waals surface area contributed by atoms with Crippen LogP contribution in [0.3, 0.4) is 0 Å². The largest absolute Gasteiger partial charge is 0.373 e. The highest BCUT2D eigenvalue weighted by atomic mass is 79.9. The molecule has 0 unspecified atom stereocenters. The van der Waals surface area contributed by atoms with E-state index >= 15 is 0 Å². The SMILES string of the molecule is CCCc1c(NC)ncnc1Sc1ccccc1Br. The first-order valence-corrected chi connectivity index (χ1v) is 7.81. The van der Waals surface area contributed by atoms with Gasteiger partial charge >= 0.3 is 0 Å². The molecule has 0 aliphatic heterocycles. The number of aromatic nitrogens is 2. The van der Waals surface area contributed by atoms with E-state index in [0.717, 1.165) is 28.2 Å². The average Bonchev–Trinajstić information content (AvgIpc) is 2.43. The van der Waals surface area contributed by atoms with Crippen molar-refractivity contribution in [2.75, 3.05) is 12.4 Å². The molecule has 0 bridgehead atoms. The van der Waals surface area contributed by atoms with Crippen molar-refractivity contribution in [1.29, 1.82) is 0 Å². The van der Waals surface area contributed by atoms with Crippen LogP contribution in [0, 0.1) is 0 Å². The van der Waals surface area contributed by atoms with Gasteiger partial charge in [-0.3, -0.25) is 0 Å². The number of hydrogen-bond donors (Lipinski definition) is 1. The van der Waals surface area contributed by atoms with E-state index in [9.17, 15) is 0 Å². The Bertz CT molecular complexity index is 560. The summed E-state index contributed by atoms with van der Waals surface area (Å²) in [5.74, 6) is 0.923. The van der Waals surface area contributed by atoms with Gasteiger partial charge in [0.05, 0.1) is 0 Å². The molecule has 2 rings (SSSR count). The van der Waals surface area contributed by atoms with E-state index in [0.29, 0.717) is 0 Å². The first kappa shape index (κ1) is 14.3. The molecule has 19 heavy (non-hydrogen) atoms. The van der Waals surface area contributed by atoms with Gasteiger partial charge in [-0.15, -0.1) is 0 Å². The maximum atomic E-state index is 4.43. The van der Waals surface area contributed by atoms with Crippen molar-refractivity contribution >= 4 is 33.5 Å². The Morgan fingerprint density at radius 3 is 2.74 bits per heavy atom. The first-order chi connectivity index (χ1) is 9.26. The number of benzene rings is 1. The van der Waals surface area contributed by atoms with Crippen molar-refractivity contribution in [2.24, 2.45) is 0 Å². The summed E-state index contributed by atoms with van der Waals surface area (Å²) in [4.78, 5) is 9.89. The molecule has 0 atom stereocenters. The molecule has 2 aromatic rings. The van der Waals surface area contributed by atoms with Gasteiger partial charge < -0.3 is 5.32 Å². The highest BCUT2D eigenvalue weighted by Gasteiger charge is 2.12. The lowest BCUT2D eigenvalue weighted by molar-refractivity contribution is 0.858. The Morgan fingerprint density at radius 2 is 2.05 bits per heavy atom. The van der Waals surface area contributed by atoms with E-state index in [1.54, 1.807) is 18.1 Å². The van der Waals surface area contributed by atoms with E-state index in [2.05, 4.69) is 44.2 Å². The van der Waals surface area contributed by atoms with Crippen molar-refractivity contribution in [2.45, 2.75) is 29.7 Å². The summed E-state index contributed by atoms with van der Waals surface area (Å²) in [6.45, 7) is 2.17. The Kier molecular flexibility index (Phi) is 5.22. The van der Waals surface area contributed by atoms with Gasteiger partial charge in [-0.2, -0.15) is 0 Å². The topological polar surface area (TPSA) is 37.8 Å². The normalized spacial score (nSPS) is 10.5. The van der Waals surface area contributed by atoms with Gasteiger partial charge in [0.25, 0.3) is 0 Å². The van der Waals surface area contributed by atoms with Crippen LogP contribution in [0.1, 0.15) is 18.9 Å². The molecule has 0 spiro atoms.